The topological polar surface area (TPSA) is 102 Å². The van der Waals surface area contributed by atoms with Crippen molar-refractivity contribution < 1.29 is 19.1 Å². The zero-order valence-corrected chi connectivity index (χ0v) is 15.8. The molecule has 0 spiro atoms. The van der Waals surface area contributed by atoms with Gasteiger partial charge in [-0.05, 0) is 56.2 Å². The third-order valence-corrected chi connectivity index (χ3v) is 4.53. The van der Waals surface area contributed by atoms with E-state index in [-0.39, 0.29) is 23.5 Å². The number of nitrogens with zero attached hydrogens (tertiary/aromatic N) is 2. The van der Waals surface area contributed by atoms with Crippen molar-refractivity contribution in [2.75, 3.05) is 11.9 Å². The summed E-state index contributed by atoms with van der Waals surface area (Å²) in [5.41, 5.74) is 1.68. The van der Waals surface area contributed by atoms with Gasteiger partial charge in [-0.2, -0.15) is 0 Å². The molecular formula is C21H20N4O4. The lowest BCUT2D eigenvalue weighted by molar-refractivity contribution is 0.0526. The van der Waals surface area contributed by atoms with Crippen LogP contribution in [0.25, 0.3) is 5.52 Å². The predicted molar refractivity (Wildman–Crippen MR) is 106 cm³/mol. The Labute approximate surface area is 166 Å². The van der Waals surface area contributed by atoms with Crippen molar-refractivity contribution in [3.05, 3.63) is 65.7 Å². The molecule has 0 radical (unpaired) electrons. The second-order valence-corrected chi connectivity index (χ2v) is 6.74. The number of carbonyl (C=O) groups excluding carboxylic acids is 3. The Morgan fingerprint density at radius 1 is 1.10 bits per heavy atom. The van der Waals surface area contributed by atoms with Gasteiger partial charge in [0, 0.05) is 17.9 Å². The van der Waals surface area contributed by atoms with Crippen molar-refractivity contribution in [3.63, 3.8) is 0 Å². The molecule has 8 nitrogen and oxygen atoms in total. The van der Waals surface area contributed by atoms with Crippen LogP contribution in [0.5, 0.6) is 0 Å². The molecule has 0 saturated heterocycles. The minimum atomic E-state index is -0.458. The molecule has 1 fully saturated rings. The Bertz CT molecular complexity index is 1080. The van der Waals surface area contributed by atoms with E-state index in [1.165, 1.54) is 0 Å². The molecule has 2 N–H and O–H groups in total. The van der Waals surface area contributed by atoms with E-state index in [1.807, 2.05) is 0 Å². The summed E-state index contributed by atoms with van der Waals surface area (Å²) >= 11 is 0. The van der Waals surface area contributed by atoms with Gasteiger partial charge in [-0.15, -0.1) is 0 Å². The highest BCUT2D eigenvalue weighted by Crippen LogP contribution is 2.21. The molecule has 2 heterocycles. The molecule has 0 aliphatic heterocycles. The Morgan fingerprint density at radius 2 is 1.86 bits per heavy atom. The summed E-state index contributed by atoms with van der Waals surface area (Å²) in [7, 11) is 0. The maximum Gasteiger partial charge on any atom is 0.338 e. The van der Waals surface area contributed by atoms with Crippen LogP contribution in [0.4, 0.5) is 5.69 Å². The number of ether oxygens (including phenoxy) is 1. The van der Waals surface area contributed by atoms with Crippen LogP contribution in [-0.4, -0.2) is 39.8 Å². The maximum absolute atomic E-state index is 12.8. The van der Waals surface area contributed by atoms with Gasteiger partial charge in [0.2, 0.25) is 5.82 Å². The lowest BCUT2D eigenvalue weighted by Gasteiger charge is -2.06. The van der Waals surface area contributed by atoms with Crippen LogP contribution in [0, 0.1) is 0 Å². The summed E-state index contributed by atoms with van der Waals surface area (Å²) in [6.45, 7) is 2.03. The number of esters is 1. The first-order valence-electron chi connectivity index (χ1n) is 9.43. The van der Waals surface area contributed by atoms with Crippen LogP contribution in [0.15, 0.2) is 48.7 Å². The molecule has 1 aliphatic carbocycles. The summed E-state index contributed by atoms with van der Waals surface area (Å²) < 4.78 is 6.53. The van der Waals surface area contributed by atoms with Crippen LogP contribution in [0.3, 0.4) is 0 Å². The van der Waals surface area contributed by atoms with Crippen LogP contribution in [0.2, 0.25) is 0 Å². The van der Waals surface area contributed by atoms with E-state index in [0.717, 1.165) is 12.8 Å². The first-order chi connectivity index (χ1) is 14.1. The summed E-state index contributed by atoms with van der Waals surface area (Å²) in [4.78, 5) is 41.3. The number of benzene rings is 1. The summed E-state index contributed by atoms with van der Waals surface area (Å²) in [6, 6.07) is 11.9. The van der Waals surface area contributed by atoms with E-state index in [1.54, 1.807) is 60.0 Å². The number of carbonyl (C=O) groups is 3. The van der Waals surface area contributed by atoms with Crippen LogP contribution < -0.4 is 10.6 Å². The number of nitrogens with one attached hydrogen (secondary N) is 2. The largest absolute Gasteiger partial charge is 0.462 e. The van der Waals surface area contributed by atoms with Crippen molar-refractivity contribution in [3.8, 4) is 0 Å². The van der Waals surface area contributed by atoms with Gasteiger partial charge in [-0.25, -0.2) is 9.78 Å². The fraction of sp³-hybridized carbons (Fsp3) is 0.238. The van der Waals surface area contributed by atoms with Crippen LogP contribution in [0.1, 0.15) is 51.2 Å². The molecule has 29 heavy (non-hydrogen) atoms. The molecule has 4 rings (SSSR count). The highest BCUT2D eigenvalue weighted by molar-refractivity contribution is 6.06. The van der Waals surface area contributed by atoms with E-state index in [0.29, 0.717) is 23.4 Å². The molecule has 1 aliphatic rings. The van der Waals surface area contributed by atoms with Crippen molar-refractivity contribution in [1.29, 1.82) is 0 Å². The van der Waals surface area contributed by atoms with Gasteiger partial charge in [0.1, 0.15) is 0 Å². The quantitative estimate of drug-likeness (QED) is 0.628. The average molecular weight is 392 g/mol. The van der Waals surface area contributed by atoms with Gasteiger partial charge in [-0.3, -0.25) is 14.0 Å². The third-order valence-electron chi connectivity index (χ3n) is 4.53. The monoisotopic (exact) mass is 392 g/mol. The average Bonchev–Trinajstić information content (AvgIpc) is 3.45. The number of hydrogen-bond acceptors (Lipinski definition) is 5. The number of anilines is 1. The van der Waals surface area contributed by atoms with Crippen molar-refractivity contribution >= 4 is 29.0 Å². The fourth-order valence-electron chi connectivity index (χ4n) is 2.94. The zero-order chi connectivity index (χ0) is 20.4. The minimum absolute atomic E-state index is 0.107. The maximum atomic E-state index is 12.8. The van der Waals surface area contributed by atoms with Gasteiger partial charge in [0.05, 0.1) is 17.7 Å². The van der Waals surface area contributed by atoms with E-state index in [9.17, 15) is 14.4 Å². The summed E-state index contributed by atoms with van der Waals surface area (Å²) in [5, 5.41) is 5.65. The number of fused-ring (bicyclic) bond motifs is 1. The number of pyridine rings is 1. The Kier molecular flexibility index (Phi) is 4.99. The molecule has 0 atom stereocenters. The molecule has 8 heteroatoms. The lowest BCUT2D eigenvalue weighted by Crippen LogP contribution is -2.26. The number of amides is 2. The normalized spacial score (nSPS) is 13.1. The van der Waals surface area contributed by atoms with Crippen molar-refractivity contribution in [2.45, 2.75) is 25.8 Å². The molecule has 1 aromatic carbocycles. The minimum Gasteiger partial charge on any atom is -0.462 e. The molecule has 148 valence electrons. The first-order valence-corrected chi connectivity index (χ1v) is 9.43. The van der Waals surface area contributed by atoms with Gasteiger partial charge < -0.3 is 15.4 Å². The van der Waals surface area contributed by atoms with Gasteiger partial charge >= 0.3 is 5.97 Å². The molecule has 1 saturated carbocycles. The Hall–Kier alpha value is -3.68. The molecule has 2 aromatic heterocycles. The number of imidazole rings is 1. The highest BCUT2D eigenvalue weighted by atomic mass is 16.5. The molecule has 2 amide bonds. The summed E-state index contributed by atoms with van der Waals surface area (Å²) in [6.07, 6.45) is 3.62. The summed E-state index contributed by atoms with van der Waals surface area (Å²) in [5.74, 6) is -1.05. The lowest BCUT2D eigenvalue weighted by atomic mass is 10.2. The van der Waals surface area contributed by atoms with E-state index >= 15 is 0 Å². The van der Waals surface area contributed by atoms with E-state index in [4.69, 9.17) is 4.74 Å². The second kappa shape index (κ2) is 7.75. The fourth-order valence-corrected chi connectivity index (χ4v) is 2.94. The van der Waals surface area contributed by atoms with Gasteiger partial charge in [0.15, 0.2) is 5.69 Å². The van der Waals surface area contributed by atoms with Crippen molar-refractivity contribution in [2.24, 2.45) is 0 Å². The second-order valence-electron chi connectivity index (χ2n) is 6.74. The number of hydrogen-bond donors (Lipinski definition) is 2. The van der Waals surface area contributed by atoms with E-state index in [2.05, 4.69) is 15.6 Å². The first kappa shape index (κ1) is 18.7. The predicted octanol–water partition coefficient (Wildman–Crippen LogP) is 2.66. The molecule has 3 aromatic rings. The zero-order valence-electron chi connectivity index (χ0n) is 15.8. The molecule has 0 bridgehead atoms. The smallest absolute Gasteiger partial charge is 0.338 e. The number of rotatable bonds is 6. The Morgan fingerprint density at radius 3 is 2.55 bits per heavy atom. The van der Waals surface area contributed by atoms with Gasteiger partial charge in [0.25, 0.3) is 11.8 Å². The Balaban J connectivity index is 1.57. The number of aromatic nitrogens is 2. The standard InChI is InChI=1S/C21H20N4O4/c1-2-29-21(28)13-6-8-14(9-7-13)23-20(27)18-24-17(19(26)22-15-10-11-15)16-5-3-4-12-25(16)18/h3-9,12,15H,2,10-11H2,1H3,(H,22,26)(H,23,27). The SMILES string of the molecule is CCOC(=O)c1ccc(NC(=O)c2nc(C(=O)NC3CC3)c3ccccn23)cc1. The van der Waals surface area contributed by atoms with Gasteiger partial charge in [-0.1, -0.05) is 6.07 Å². The van der Waals surface area contributed by atoms with Crippen LogP contribution >= 0.6 is 0 Å². The third kappa shape index (κ3) is 3.96. The molecular weight excluding hydrogens is 372 g/mol. The van der Waals surface area contributed by atoms with Crippen molar-refractivity contribution in [1.82, 2.24) is 14.7 Å². The van der Waals surface area contributed by atoms with E-state index < -0.39 is 11.9 Å². The van der Waals surface area contributed by atoms with Crippen LogP contribution in [-0.2, 0) is 4.74 Å². The highest BCUT2D eigenvalue weighted by Gasteiger charge is 2.27. The molecule has 0 unspecified atom stereocenters.